The summed E-state index contributed by atoms with van der Waals surface area (Å²) in [6, 6.07) is 0. The van der Waals surface area contributed by atoms with Crippen molar-refractivity contribution in [3.8, 4) is 5.88 Å². The average molecular weight is 261 g/mol. The van der Waals surface area contributed by atoms with E-state index in [-0.39, 0.29) is 17.4 Å². The van der Waals surface area contributed by atoms with Crippen molar-refractivity contribution < 1.29 is 5.11 Å². The molecule has 2 aromatic rings. The number of rotatable bonds is 2. The minimum Gasteiger partial charge on any atom is -0.493 e. The van der Waals surface area contributed by atoms with Gasteiger partial charge in [-0.1, -0.05) is 19.8 Å². The first-order valence-electron chi connectivity index (χ1n) is 6.96. The van der Waals surface area contributed by atoms with E-state index in [1.54, 1.807) is 0 Å². The summed E-state index contributed by atoms with van der Waals surface area (Å²) in [5.41, 5.74) is 2.83. The Kier molecular flexibility index (Phi) is 2.84. The van der Waals surface area contributed by atoms with Crippen molar-refractivity contribution in [2.24, 2.45) is 0 Å². The van der Waals surface area contributed by atoms with Crippen molar-refractivity contribution in [1.82, 2.24) is 14.6 Å². The third-order valence-electron chi connectivity index (χ3n) is 4.22. The van der Waals surface area contributed by atoms with Gasteiger partial charge in [-0.2, -0.15) is 9.61 Å². The van der Waals surface area contributed by atoms with E-state index in [0.717, 1.165) is 43.4 Å². The van der Waals surface area contributed by atoms with E-state index in [1.807, 2.05) is 13.8 Å². The molecule has 0 spiro atoms. The van der Waals surface area contributed by atoms with Crippen molar-refractivity contribution in [3.63, 3.8) is 0 Å². The van der Waals surface area contributed by atoms with Crippen LogP contribution in [0, 0.1) is 6.92 Å². The van der Waals surface area contributed by atoms with Crippen LogP contribution in [-0.2, 0) is 6.42 Å². The molecule has 5 heteroatoms. The highest BCUT2D eigenvalue weighted by atomic mass is 16.3. The van der Waals surface area contributed by atoms with Crippen LogP contribution in [0.2, 0.25) is 0 Å². The molecule has 2 heterocycles. The standard InChI is InChI=1S/C14H19N3O2/c1-3-10-8(2)16-17-12(10)15-13(18)11(14(17)19)9-6-4-5-7-9/h9,19H,3-7H2,1-2H3,(H,15,18). The molecule has 0 aliphatic heterocycles. The molecular formula is C14H19N3O2. The molecule has 1 fully saturated rings. The molecule has 0 saturated heterocycles. The summed E-state index contributed by atoms with van der Waals surface area (Å²) in [7, 11) is 0. The number of nitrogens with one attached hydrogen (secondary N) is 1. The van der Waals surface area contributed by atoms with Gasteiger partial charge in [-0.05, 0) is 32.1 Å². The molecule has 2 N–H and O–H groups in total. The van der Waals surface area contributed by atoms with Crippen LogP contribution in [0.1, 0.15) is 55.3 Å². The Morgan fingerprint density at radius 1 is 1.42 bits per heavy atom. The highest BCUT2D eigenvalue weighted by Gasteiger charge is 2.26. The molecule has 3 rings (SSSR count). The molecule has 102 valence electrons. The first-order chi connectivity index (χ1) is 9.13. The summed E-state index contributed by atoms with van der Waals surface area (Å²) >= 11 is 0. The molecule has 5 nitrogen and oxygen atoms in total. The van der Waals surface area contributed by atoms with Gasteiger partial charge in [0.05, 0.1) is 11.3 Å². The van der Waals surface area contributed by atoms with Gasteiger partial charge >= 0.3 is 0 Å². The van der Waals surface area contributed by atoms with E-state index >= 15 is 0 Å². The summed E-state index contributed by atoms with van der Waals surface area (Å²) in [6.45, 7) is 3.92. The SMILES string of the molecule is CCc1c(C)nn2c(O)c(C3CCCC3)c(=O)[nH]c12. The van der Waals surface area contributed by atoms with Gasteiger partial charge < -0.3 is 10.1 Å². The maximum absolute atomic E-state index is 12.3. The largest absolute Gasteiger partial charge is 0.493 e. The van der Waals surface area contributed by atoms with E-state index in [4.69, 9.17) is 0 Å². The third-order valence-corrected chi connectivity index (χ3v) is 4.22. The van der Waals surface area contributed by atoms with Crippen LogP contribution in [0.25, 0.3) is 5.65 Å². The fourth-order valence-corrected chi connectivity index (χ4v) is 3.24. The number of hydrogen-bond acceptors (Lipinski definition) is 3. The second kappa shape index (κ2) is 4.40. The van der Waals surface area contributed by atoms with E-state index in [9.17, 15) is 9.90 Å². The number of hydrogen-bond donors (Lipinski definition) is 2. The van der Waals surface area contributed by atoms with Crippen LogP contribution in [0.3, 0.4) is 0 Å². The molecule has 0 bridgehead atoms. The second-order valence-corrected chi connectivity index (χ2v) is 5.35. The van der Waals surface area contributed by atoms with E-state index < -0.39 is 0 Å². The van der Waals surface area contributed by atoms with Crippen LogP contribution in [0.15, 0.2) is 4.79 Å². The van der Waals surface area contributed by atoms with E-state index in [0.29, 0.717) is 11.2 Å². The fraction of sp³-hybridized carbons (Fsp3) is 0.571. The molecule has 1 aliphatic carbocycles. The molecule has 0 atom stereocenters. The lowest BCUT2D eigenvalue weighted by Gasteiger charge is -2.11. The zero-order chi connectivity index (χ0) is 13.6. The van der Waals surface area contributed by atoms with Gasteiger partial charge in [0.1, 0.15) is 5.65 Å². The van der Waals surface area contributed by atoms with Gasteiger partial charge in [-0.3, -0.25) is 4.79 Å². The maximum atomic E-state index is 12.3. The third kappa shape index (κ3) is 1.76. The van der Waals surface area contributed by atoms with E-state index in [1.165, 1.54) is 4.52 Å². The van der Waals surface area contributed by atoms with Crippen LogP contribution in [0.5, 0.6) is 5.88 Å². The summed E-state index contributed by atoms with van der Waals surface area (Å²) in [5.74, 6) is 0.191. The first kappa shape index (κ1) is 12.3. The van der Waals surface area contributed by atoms with Gasteiger partial charge in [-0.15, -0.1) is 0 Å². The highest BCUT2D eigenvalue weighted by molar-refractivity contribution is 5.53. The summed E-state index contributed by atoms with van der Waals surface area (Å²) in [6.07, 6.45) is 4.99. The number of H-pyrrole nitrogens is 1. The second-order valence-electron chi connectivity index (χ2n) is 5.35. The van der Waals surface area contributed by atoms with Gasteiger partial charge in [0.15, 0.2) is 0 Å². The monoisotopic (exact) mass is 261 g/mol. The van der Waals surface area contributed by atoms with Crippen molar-refractivity contribution in [1.29, 1.82) is 0 Å². The lowest BCUT2D eigenvalue weighted by Crippen LogP contribution is -2.18. The van der Waals surface area contributed by atoms with Gasteiger partial charge in [0.25, 0.3) is 5.56 Å². The average Bonchev–Trinajstić information content (AvgIpc) is 2.97. The Morgan fingerprint density at radius 3 is 2.74 bits per heavy atom. The molecule has 19 heavy (non-hydrogen) atoms. The molecule has 2 aromatic heterocycles. The zero-order valence-corrected chi connectivity index (χ0v) is 11.4. The smallest absolute Gasteiger partial charge is 0.258 e. The Morgan fingerprint density at radius 2 is 2.11 bits per heavy atom. The summed E-state index contributed by atoms with van der Waals surface area (Å²) < 4.78 is 1.49. The normalized spacial score (nSPS) is 16.5. The number of aromatic nitrogens is 3. The van der Waals surface area contributed by atoms with Crippen molar-refractivity contribution in [2.75, 3.05) is 0 Å². The minimum absolute atomic E-state index is 0.0217. The lowest BCUT2D eigenvalue weighted by atomic mass is 10.00. The fourth-order valence-electron chi connectivity index (χ4n) is 3.24. The minimum atomic E-state index is -0.161. The van der Waals surface area contributed by atoms with Crippen molar-refractivity contribution >= 4 is 5.65 Å². The van der Waals surface area contributed by atoms with Gasteiger partial charge in [-0.25, -0.2) is 0 Å². The molecule has 0 amide bonds. The topological polar surface area (TPSA) is 70.4 Å². The first-order valence-corrected chi connectivity index (χ1v) is 6.96. The Balaban J connectivity index is 2.28. The lowest BCUT2D eigenvalue weighted by molar-refractivity contribution is 0.419. The molecule has 1 aliphatic rings. The van der Waals surface area contributed by atoms with Crippen LogP contribution < -0.4 is 5.56 Å². The van der Waals surface area contributed by atoms with Crippen molar-refractivity contribution in [2.45, 2.75) is 51.9 Å². The predicted octanol–water partition coefficient (Wildman–Crippen LogP) is 2.26. The molecule has 0 aromatic carbocycles. The number of aromatic amines is 1. The predicted molar refractivity (Wildman–Crippen MR) is 72.8 cm³/mol. The van der Waals surface area contributed by atoms with Crippen LogP contribution in [-0.4, -0.2) is 19.7 Å². The van der Waals surface area contributed by atoms with Gasteiger partial charge in [0, 0.05) is 5.56 Å². The maximum Gasteiger partial charge on any atom is 0.258 e. The molecule has 0 unspecified atom stereocenters. The number of nitrogens with zero attached hydrogens (tertiary/aromatic N) is 2. The Bertz CT molecular complexity index is 678. The summed E-state index contributed by atoms with van der Waals surface area (Å²) in [4.78, 5) is 15.2. The number of fused-ring (bicyclic) bond motifs is 1. The van der Waals surface area contributed by atoms with Crippen molar-refractivity contribution in [3.05, 3.63) is 27.2 Å². The summed E-state index contributed by atoms with van der Waals surface area (Å²) in [5, 5.41) is 14.8. The number of aromatic hydroxyl groups is 1. The zero-order valence-electron chi connectivity index (χ0n) is 11.4. The van der Waals surface area contributed by atoms with E-state index in [2.05, 4.69) is 10.1 Å². The molecule has 0 radical (unpaired) electrons. The molecule has 1 saturated carbocycles. The van der Waals surface area contributed by atoms with Gasteiger partial charge in [0.2, 0.25) is 5.88 Å². The van der Waals surface area contributed by atoms with Crippen LogP contribution >= 0.6 is 0 Å². The Hall–Kier alpha value is -1.78. The Labute approximate surface area is 111 Å². The molecular weight excluding hydrogens is 242 g/mol. The number of aryl methyl sites for hydroxylation is 2. The quantitative estimate of drug-likeness (QED) is 0.871. The van der Waals surface area contributed by atoms with Crippen LogP contribution in [0.4, 0.5) is 0 Å². The highest BCUT2D eigenvalue weighted by Crippen LogP contribution is 2.36.